The molecular weight excluding hydrogens is 330 g/mol. The number of hydrogen-bond donors (Lipinski definition) is 3. The highest BCUT2D eigenvalue weighted by Crippen LogP contribution is 2.33. The van der Waals surface area contributed by atoms with Gasteiger partial charge in [0.15, 0.2) is 0 Å². The molecule has 0 amide bonds. The molecule has 142 valence electrons. The maximum Gasteiger partial charge on any atom is 0.103 e. The second-order valence-corrected chi connectivity index (χ2v) is 6.95. The molecule has 3 unspecified atom stereocenters. The summed E-state index contributed by atoms with van der Waals surface area (Å²) in [6.45, 7) is 2.44. The van der Waals surface area contributed by atoms with Crippen molar-refractivity contribution in [2.24, 2.45) is 39.0 Å². The lowest BCUT2D eigenvalue weighted by atomic mass is 9.79. The molecule has 1 saturated heterocycles. The summed E-state index contributed by atoms with van der Waals surface area (Å²) in [5.41, 5.74) is 21.2. The molecule has 6 N–H and O–H groups in total. The van der Waals surface area contributed by atoms with Crippen molar-refractivity contribution < 1.29 is 9.47 Å². The van der Waals surface area contributed by atoms with Gasteiger partial charge >= 0.3 is 0 Å². The quantitative estimate of drug-likeness (QED) is 0.629. The number of ether oxygens (including phenoxy) is 2. The molecule has 0 aromatic heterocycles. The number of rotatable bonds is 5. The van der Waals surface area contributed by atoms with Crippen LogP contribution in [0.4, 0.5) is 0 Å². The standard InChI is InChI=1S/C19H29N5O2/c20-8-15(9-23-11-17-12-25-5-6-26-17)14-7-18(19(22)24-10-14)13-1-3-16(21)4-2-13/h1,3,8-10,14,17-19H,2,4-7,11-12,20-22H2/t14?,17-,18?,19?/m0/s1. The molecule has 3 rings (SSSR count). The SMILES string of the molecule is NC=C(C=NC[C@H]1COCCO1)C1C=NC(N)C(C2=CC=C(N)CC2)C1. The van der Waals surface area contributed by atoms with Crippen molar-refractivity contribution in [2.45, 2.75) is 31.5 Å². The van der Waals surface area contributed by atoms with Crippen LogP contribution in [0.5, 0.6) is 0 Å². The Morgan fingerprint density at radius 2 is 2.19 bits per heavy atom. The van der Waals surface area contributed by atoms with Crippen molar-refractivity contribution in [1.82, 2.24) is 0 Å². The summed E-state index contributed by atoms with van der Waals surface area (Å²) >= 11 is 0. The van der Waals surface area contributed by atoms with Gasteiger partial charge in [0.1, 0.15) is 12.3 Å². The normalized spacial score (nSPS) is 33.2. The van der Waals surface area contributed by atoms with Crippen LogP contribution >= 0.6 is 0 Å². The van der Waals surface area contributed by atoms with Gasteiger partial charge in [0.2, 0.25) is 0 Å². The summed E-state index contributed by atoms with van der Waals surface area (Å²) in [6, 6.07) is 0. The third kappa shape index (κ3) is 4.81. The van der Waals surface area contributed by atoms with E-state index in [0.717, 1.165) is 30.5 Å². The highest BCUT2D eigenvalue weighted by molar-refractivity contribution is 5.86. The minimum atomic E-state index is -0.214. The smallest absolute Gasteiger partial charge is 0.103 e. The molecule has 2 heterocycles. The van der Waals surface area contributed by atoms with Gasteiger partial charge in [-0.3, -0.25) is 9.98 Å². The van der Waals surface area contributed by atoms with Crippen LogP contribution in [0.3, 0.4) is 0 Å². The van der Waals surface area contributed by atoms with Crippen LogP contribution < -0.4 is 17.2 Å². The molecule has 1 aliphatic carbocycles. The van der Waals surface area contributed by atoms with Gasteiger partial charge in [-0.05, 0) is 37.1 Å². The first kappa shape index (κ1) is 18.8. The number of hydrogen-bond acceptors (Lipinski definition) is 7. The average molecular weight is 359 g/mol. The molecule has 0 aromatic carbocycles. The fraction of sp³-hybridized carbons (Fsp3) is 0.579. The molecule has 3 aliphatic rings. The zero-order valence-corrected chi connectivity index (χ0v) is 15.1. The lowest BCUT2D eigenvalue weighted by Gasteiger charge is -2.32. The first-order valence-electron chi connectivity index (χ1n) is 9.22. The van der Waals surface area contributed by atoms with E-state index in [1.807, 2.05) is 18.5 Å². The topological polar surface area (TPSA) is 121 Å². The molecule has 0 bridgehead atoms. The zero-order valence-electron chi connectivity index (χ0n) is 15.1. The third-order valence-electron chi connectivity index (χ3n) is 5.10. The van der Waals surface area contributed by atoms with Crippen molar-refractivity contribution in [3.05, 3.63) is 35.2 Å². The third-order valence-corrected chi connectivity index (χ3v) is 5.10. The fourth-order valence-electron chi connectivity index (χ4n) is 3.53. The van der Waals surface area contributed by atoms with Crippen LogP contribution in [0, 0.1) is 11.8 Å². The van der Waals surface area contributed by atoms with Gasteiger partial charge in [-0.1, -0.05) is 11.6 Å². The van der Waals surface area contributed by atoms with Gasteiger partial charge in [-0.15, -0.1) is 0 Å². The van der Waals surface area contributed by atoms with Crippen LogP contribution in [0.1, 0.15) is 19.3 Å². The average Bonchev–Trinajstić information content (AvgIpc) is 2.68. The highest BCUT2D eigenvalue weighted by atomic mass is 16.6. The Bertz CT molecular complexity index is 632. The lowest BCUT2D eigenvalue weighted by molar-refractivity contribution is -0.0832. The van der Waals surface area contributed by atoms with Gasteiger partial charge in [0, 0.05) is 30.0 Å². The first-order valence-corrected chi connectivity index (χ1v) is 9.22. The second-order valence-electron chi connectivity index (χ2n) is 6.95. The van der Waals surface area contributed by atoms with Crippen molar-refractivity contribution in [3.63, 3.8) is 0 Å². The summed E-state index contributed by atoms with van der Waals surface area (Å²) in [6.07, 6.45) is 11.9. The molecule has 0 aromatic rings. The lowest BCUT2D eigenvalue weighted by Crippen LogP contribution is -2.36. The van der Waals surface area contributed by atoms with E-state index in [4.69, 9.17) is 26.7 Å². The minimum absolute atomic E-state index is 0.0184. The molecular formula is C19H29N5O2. The molecule has 2 aliphatic heterocycles. The number of allylic oxidation sites excluding steroid dienone is 4. The van der Waals surface area contributed by atoms with Gasteiger partial charge in [0.25, 0.3) is 0 Å². The Kier molecular flexibility index (Phi) is 6.60. The Morgan fingerprint density at radius 3 is 2.88 bits per heavy atom. The number of nitrogens with zero attached hydrogens (tertiary/aromatic N) is 2. The second kappa shape index (κ2) is 9.12. The largest absolute Gasteiger partial charge is 0.404 e. The Labute approximate surface area is 154 Å². The van der Waals surface area contributed by atoms with Crippen LogP contribution in [0.25, 0.3) is 0 Å². The number of aliphatic imine (C=N–C) groups is 2. The van der Waals surface area contributed by atoms with E-state index in [1.54, 1.807) is 6.20 Å². The van der Waals surface area contributed by atoms with Crippen LogP contribution in [-0.2, 0) is 9.47 Å². The van der Waals surface area contributed by atoms with E-state index in [1.165, 1.54) is 5.57 Å². The number of nitrogens with two attached hydrogens (primary N) is 3. The van der Waals surface area contributed by atoms with Crippen LogP contribution in [0.2, 0.25) is 0 Å². The van der Waals surface area contributed by atoms with Gasteiger partial charge in [-0.25, -0.2) is 0 Å². The van der Waals surface area contributed by atoms with Crippen molar-refractivity contribution in [2.75, 3.05) is 26.4 Å². The molecule has 4 atom stereocenters. The Balaban J connectivity index is 1.62. The van der Waals surface area contributed by atoms with Gasteiger partial charge in [0.05, 0.1) is 26.4 Å². The van der Waals surface area contributed by atoms with Gasteiger partial charge in [-0.2, -0.15) is 0 Å². The zero-order chi connectivity index (χ0) is 18.4. The first-order chi connectivity index (χ1) is 12.7. The molecule has 7 heteroatoms. The van der Waals surface area contributed by atoms with E-state index in [0.29, 0.717) is 26.4 Å². The van der Waals surface area contributed by atoms with Crippen molar-refractivity contribution in [3.8, 4) is 0 Å². The van der Waals surface area contributed by atoms with Gasteiger partial charge < -0.3 is 26.7 Å². The molecule has 1 fully saturated rings. The minimum Gasteiger partial charge on any atom is -0.404 e. The summed E-state index contributed by atoms with van der Waals surface area (Å²) in [5.74, 6) is 0.314. The summed E-state index contributed by atoms with van der Waals surface area (Å²) in [4.78, 5) is 9.01. The van der Waals surface area contributed by atoms with E-state index >= 15 is 0 Å². The van der Waals surface area contributed by atoms with Crippen molar-refractivity contribution >= 4 is 12.4 Å². The molecule has 26 heavy (non-hydrogen) atoms. The van der Waals surface area contributed by atoms with E-state index in [-0.39, 0.29) is 24.1 Å². The molecule has 7 nitrogen and oxygen atoms in total. The fourth-order valence-corrected chi connectivity index (χ4v) is 3.53. The molecule has 0 saturated carbocycles. The monoisotopic (exact) mass is 359 g/mol. The highest BCUT2D eigenvalue weighted by Gasteiger charge is 2.30. The van der Waals surface area contributed by atoms with E-state index in [9.17, 15) is 0 Å². The predicted molar refractivity (Wildman–Crippen MR) is 104 cm³/mol. The Hall–Kier alpha value is -1.96. The van der Waals surface area contributed by atoms with E-state index < -0.39 is 0 Å². The maximum absolute atomic E-state index is 6.24. The Morgan fingerprint density at radius 1 is 1.31 bits per heavy atom. The van der Waals surface area contributed by atoms with Crippen LogP contribution in [0.15, 0.2) is 45.2 Å². The summed E-state index contributed by atoms with van der Waals surface area (Å²) in [7, 11) is 0. The van der Waals surface area contributed by atoms with E-state index in [2.05, 4.69) is 16.1 Å². The summed E-state index contributed by atoms with van der Waals surface area (Å²) < 4.78 is 11.0. The molecule has 0 radical (unpaired) electrons. The molecule has 0 spiro atoms. The van der Waals surface area contributed by atoms with Crippen LogP contribution in [-0.4, -0.2) is 51.1 Å². The summed E-state index contributed by atoms with van der Waals surface area (Å²) in [5, 5.41) is 0. The maximum atomic E-state index is 6.24. The van der Waals surface area contributed by atoms with Crippen molar-refractivity contribution in [1.29, 1.82) is 0 Å². The predicted octanol–water partition coefficient (Wildman–Crippen LogP) is 0.870.